The first-order chi connectivity index (χ1) is 46.1. The molecule has 0 saturated carbocycles. The summed E-state index contributed by atoms with van der Waals surface area (Å²) in [5, 5.41) is 8.45. The molecular weight excluding hydrogens is 1280 g/mol. The van der Waals surface area contributed by atoms with Gasteiger partial charge >= 0.3 is 18.2 Å². The molecular formula is C71H70Cl2N5O14S2+. The smallest absolute Gasteiger partial charge is 0.396 e. The second-order valence-corrected chi connectivity index (χ2v) is 24.9. The zero-order chi connectivity index (χ0) is 65.3. The van der Waals surface area contributed by atoms with Crippen LogP contribution in [0.15, 0.2) is 232 Å². The van der Waals surface area contributed by atoms with Crippen LogP contribution in [0.3, 0.4) is 0 Å². The van der Waals surface area contributed by atoms with E-state index < -0.39 is 52.6 Å². The Labute approximate surface area is 562 Å². The lowest BCUT2D eigenvalue weighted by atomic mass is 9.77. The van der Waals surface area contributed by atoms with Gasteiger partial charge in [0.1, 0.15) is 17.9 Å². The predicted molar refractivity (Wildman–Crippen MR) is 358 cm³/mol. The third-order valence-corrected chi connectivity index (χ3v) is 19.0. The van der Waals surface area contributed by atoms with Gasteiger partial charge < -0.3 is 53.3 Å². The first-order valence-corrected chi connectivity index (χ1v) is 33.4. The number of nitrogens with one attached hydrogen (secondary N) is 2. The minimum absolute atomic E-state index is 0.0231. The van der Waals surface area contributed by atoms with E-state index in [1.165, 1.54) is 12.1 Å². The Morgan fingerprint density at radius 3 is 1.87 bits per heavy atom. The number of hydrogen-bond donors (Lipinski definition) is 2. The van der Waals surface area contributed by atoms with E-state index in [0.29, 0.717) is 52.4 Å². The number of carbonyl (C=O) groups is 3. The number of alkyl halides is 1. The topological polar surface area (TPSA) is 205 Å². The van der Waals surface area contributed by atoms with Gasteiger partial charge in [-0.15, -0.1) is 16.4 Å². The maximum Gasteiger partial charge on any atom is 0.396 e. The van der Waals surface area contributed by atoms with Crippen molar-refractivity contribution < 1.29 is 71.3 Å². The maximum atomic E-state index is 15.5. The molecule has 488 valence electrons. The van der Waals surface area contributed by atoms with Gasteiger partial charge in [-0.25, -0.2) is 19.4 Å². The molecule has 0 radical (unpaired) electrons. The molecule has 0 aromatic heterocycles. The van der Waals surface area contributed by atoms with Crippen molar-refractivity contribution in [3.63, 3.8) is 0 Å². The molecule has 1 spiro atoms. The van der Waals surface area contributed by atoms with Gasteiger partial charge in [0.2, 0.25) is 17.4 Å². The quantitative estimate of drug-likeness (QED) is 0.00588. The highest BCUT2D eigenvalue weighted by Gasteiger charge is 2.86. The van der Waals surface area contributed by atoms with E-state index in [1.54, 1.807) is 56.7 Å². The van der Waals surface area contributed by atoms with Crippen molar-refractivity contribution in [2.75, 3.05) is 73.0 Å². The lowest BCUT2D eigenvalue weighted by Crippen LogP contribution is -2.67. The molecule has 2 saturated heterocycles. The van der Waals surface area contributed by atoms with Crippen molar-refractivity contribution in [3.8, 4) is 17.2 Å². The number of rotatable bonds is 32. The summed E-state index contributed by atoms with van der Waals surface area (Å²) in [6, 6.07) is 58.1. The number of hydroxylamine groups is 3. The summed E-state index contributed by atoms with van der Waals surface area (Å²) >= 11 is 14.9. The fourth-order valence-corrected chi connectivity index (χ4v) is 14.3. The van der Waals surface area contributed by atoms with Crippen LogP contribution in [-0.2, 0) is 75.3 Å². The molecule has 0 aliphatic carbocycles. The molecule has 5 unspecified atom stereocenters. The molecule has 2 N–H and O–H groups in total. The Bertz CT molecular complexity index is 3760. The molecule has 11 rings (SSSR count). The summed E-state index contributed by atoms with van der Waals surface area (Å²) in [5.74, 6) is -0.0911. The van der Waals surface area contributed by atoms with Gasteiger partial charge in [0, 0.05) is 64.9 Å². The van der Waals surface area contributed by atoms with Crippen LogP contribution in [0.25, 0.3) is 0 Å². The number of amidine groups is 1. The first-order valence-electron chi connectivity index (χ1n) is 30.2. The number of esters is 2. The van der Waals surface area contributed by atoms with Gasteiger partial charge in [0.25, 0.3) is 5.70 Å². The molecule has 19 nitrogen and oxygen atoms in total. The van der Waals surface area contributed by atoms with Gasteiger partial charge in [0.15, 0.2) is 42.4 Å². The molecule has 6 atom stereocenters. The summed E-state index contributed by atoms with van der Waals surface area (Å²) in [6.07, 6.45) is 0.263. The van der Waals surface area contributed by atoms with E-state index in [4.69, 9.17) is 85.0 Å². The molecule has 2 fully saturated rings. The summed E-state index contributed by atoms with van der Waals surface area (Å²) in [5.41, 5.74) is 5.01. The van der Waals surface area contributed by atoms with Crippen molar-refractivity contribution in [3.05, 3.63) is 267 Å². The van der Waals surface area contributed by atoms with Crippen molar-refractivity contribution in [2.24, 2.45) is 9.52 Å². The number of allylic oxidation sites excluding steroid dienone is 2. The van der Waals surface area contributed by atoms with Crippen molar-refractivity contribution in [1.82, 2.24) is 10.6 Å². The Morgan fingerprint density at radius 1 is 0.755 bits per heavy atom. The molecule has 1 amide bonds. The van der Waals surface area contributed by atoms with Gasteiger partial charge in [-0.1, -0.05) is 208 Å². The van der Waals surface area contributed by atoms with Crippen LogP contribution in [-0.4, -0.2) is 118 Å². The third-order valence-electron chi connectivity index (χ3n) is 15.7. The van der Waals surface area contributed by atoms with Gasteiger partial charge in [-0.2, -0.15) is 0 Å². The fourth-order valence-electron chi connectivity index (χ4n) is 11.2. The van der Waals surface area contributed by atoms with Crippen LogP contribution in [0.1, 0.15) is 57.6 Å². The van der Waals surface area contributed by atoms with E-state index >= 15 is 4.79 Å². The minimum Gasteiger partial charge on any atom is -0.497 e. The molecule has 4 heterocycles. The van der Waals surface area contributed by atoms with Crippen molar-refractivity contribution in [1.29, 1.82) is 0 Å². The van der Waals surface area contributed by atoms with Crippen LogP contribution in [0.2, 0.25) is 5.02 Å². The number of carbonyl (C=O) groups excluding carboxylic acids is 3. The highest BCUT2D eigenvalue weighted by atomic mass is 35.5. The fraction of sp³-hybridized carbons (Fsp3) is 0.268. The van der Waals surface area contributed by atoms with Crippen LogP contribution >= 0.6 is 35.0 Å². The number of thioether (sulfide) groups is 1. The summed E-state index contributed by atoms with van der Waals surface area (Å²) < 4.78 is 56.6. The van der Waals surface area contributed by atoms with E-state index in [-0.39, 0.29) is 83.7 Å². The lowest BCUT2D eigenvalue weighted by Gasteiger charge is -2.39. The molecule has 4 aliphatic rings. The number of hydrogen-bond acceptors (Lipinski definition) is 17. The SMILES string of the molecule is COCCOCOc1cc(Cl)c(C(ON=S2C=C(CC(=O)N[C@@H]3C4O[N+]45C(C(=O)OCc4ccc(OC)cc4)=C(C=CCCl)CSC35)NC2=NC(c2ccccc2)(c2ccccc2)c2ccccc2)C(=O)OC(c2ccccc2)c2ccccc2)cc1OCOCCOC. The predicted octanol–water partition coefficient (Wildman–Crippen LogP) is 12.1. The second-order valence-electron chi connectivity index (χ2n) is 21.7. The van der Waals surface area contributed by atoms with Gasteiger partial charge in [0.05, 0.1) is 45.0 Å². The van der Waals surface area contributed by atoms with Crippen LogP contribution in [0.5, 0.6) is 17.2 Å². The van der Waals surface area contributed by atoms with Crippen LogP contribution in [0.4, 0.5) is 0 Å². The number of benzene rings is 7. The van der Waals surface area contributed by atoms with Crippen LogP contribution in [0, 0.1) is 0 Å². The number of quaternary nitrogens is 1. The molecule has 7 aromatic carbocycles. The van der Waals surface area contributed by atoms with E-state index in [2.05, 4.69) is 10.6 Å². The lowest BCUT2D eigenvalue weighted by molar-refractivity contribution is -0.918. The highest BCUT2D eigenvalue weighted by molar-refractivity contribution is 8.05. The number of nitrogens with zero attached hydrogens (tertiary/aromatic N) is 3. The third kappa shape index (κ3) is 15.5. The number of halogens is 2. The monoisotopic (exact) mass is 1350 g/mol. The molecule has 0 bridgehead atoms. The maximum absolute atomic E-state index is 15.5. The van der Waals surface area contributed by atoms with E-state index in [1.807, 2.05) is 170 Å². The van der Waals surface area contributed by atoms with E-state index in [9.17, 15) is 9.59 Å². The Morgan fingerprint density at radius 2 is 1.32 bits per heavy atom. The Kier molecular flexibility index (Phi) is 23.1. The van der Waals surface area contributed by atoms with E-state index in [0.717, 1.165) is 27.8 Å². The highest BCUT2D eigenvalue weighted by Crippen LogP contribution is 2.62. The van der Waals surface area contributed by atoms with Crippen molar-refractivity contribution >= 4 is 68.7 Å². The first kappa shape index (κ1) is 67.3. The number of ether oxygens (including phenoxy) is 9. The normalized spacial score (nSPS) is 19.6. The number of methoxy groups -OCH3 is 3. The molecule has 94 heavy (non-hydrogen) atoms. The van der Waals surface area contributed by atoms with Crippen LogP contribution < -0.4 is 24.8 Å². The van der Waals surface area contributed by atoms with Crippen molar-refractivity contribution in [2.45, 2.75) is 48.4 Å². The average Bonchev–Trinajstić information content (AvgIpc) is 1.48. The Balaban J connectivity index is 0.964. The zero-order valence-corrected chi connectivity index (χ0v) is 54.9. The summed E-state index contributed by atoms with van der Waals surface area (Å²) in [7, 11) is 3.18. The number of aliphatic imine (C=N–C) groups is 1. The number of amides is 1. The largest absolute Gasteiger partial charge is 0.497 e. The van der Waals surface area contributed by atoms with Gasteiger partial charge in [-0.3, -0.25) is 4.79 Å². The molecule has 7 aromatic rings. The second kappa shape index (κ2) is 32.3. The summed E-state index contributed by atoms with van der Waals surface area (Å²) in [4.78, 5) is 63.1. The average molecular weight is 1350 g/mol. The summed E-state index contributed by atoms with van der Waals surface area (Å²) in [6.45, 7) is 0.686. The minimum atomic E-state index is -1.68. The van der Waals surface area contributed by atoms with Gasteiger partial charge in [-0.05, 0) is 51.6 Å². The zero-order valence-electron chi connectivity index (χ0n) is 51.7. The molecule has 4 aliphatic heterocycles. The Hall–Kier alpha value is -8.16. The molecule has 23 heteroatoms. The standard InChI is InChI=1S/C71H69Cl2N5O14S2/c1-82-36-38-85-46-88-59-41-57(58(73)42-60(59)89-47-86-39-37-83-2)65(69(81)90-64(49-20-9-4-10-21-49)50-22-11-5-12-23-50)91-77-94-45-55(74-70(94)76-71(52-25-13-6-14-26-52,53-27-15-7-16-28-53)54-29-17-8-18-30-54)40-61(79)75-62-66-78(92-66)63(51(24-19-35-72)44-93-67(62)78)68(80)87-43-48-31-33-56(84-3)34-32-48/h4-34,41-42,45,62,64-67H,35-40,43-44,46-47H2,1-3H3,(H-,74,75,76,79)/p+1/t62-,65?,66?,67?,78?,94?/m1/s1.